The highest BCUT2D eigenvalue weighted by molar-refractivity contribution is 5.75. The van der Waals surface area contributed by atoms with Gasteiger partial charge < -0.3 is 10.3 Å². The molecule has 104 valence electrons. The van der Waals surface area contributed by atoms with Crippen LogP contribution in [0.25, 0.3) is 11.0 Å². The molecule has 0 saturated carbocycles. The van der Waals surface area contributed by atoms with Crippen LogP contribution in [0.15, 0.2) is 18.2 Å². The molecule has 0 aliphatic rings. The number of halogens is 1. The molecule has 1 atom stereocenters. The van der Waals surface area contributed by atoms with Crippen molar-refractivity contribution in [3.63, 3.8) is 0 Å². The summed E-state index contributed by atoms with van der Waals surface area (Å²) in [5, 5.41) is 0. The second-order valence-electron chi connectivity index (χ2n) is 5.66. The summed E-state index contributed by atoms with van der Waals surface area (Å²) in [7, 11) is 1.94. The number of nitrogens with zero attached hydrogens (tertiary/aromatic N) is 2. The van der Waals surface area contributed by atoms with Gasteiger partial charge >= 0.3 is 0 Å². The Kier molecular flexibility index (Phi) is 4.20. The highest BCUT2D eigenvalue weighted by Crippen LogP contribution is 2.20. The fraction of sp³-hybridized carbons (Fsp3) is 0.533. The van der Waals surface area contributed by atoms with Crippen molar-refractivity contribution in [1.82, 2.24) is 9.55 Å². The van der Waals surface area contributed by atoms with E-state index in [2.05, 4.69) is 18.8 Å². The second kappa shape index (κ2) is 5.70. The zero-order chi connectivity index (χ0) is 14.0. The van der Waals surface area contributed by atoms with Crippen molar-refractivity contribution < 1.29 is 4.39 Å². The monoisotopic (exact) mass is 263 g/mol. The normalized spacial score (nSPS) is 13.4. The van der Waals surface area contributed by atoms with Gasteiger partial charge in [-0.1, -0.05) is 13.8 Å². The van der Waals surface area contributed by atoms with Gasteiger partial charge in [-0.05, 0) is 43.0 Å². The Morgan fingerprint density at radius 2 is 2.11 bits per heavy atom. The maximum Gasteiger partial charge on any atom is 0.125 e. The summed E-state index contributed by atoms with van der Waals surface area (Å²) in [6, 6.07) is 4.72. The number of rotatable bonds is 5. The molecule has 3 nitrogen and oxygen atoms in total. The van der Waals surface area contributed by atoms with E-state index < -0.39 is 0 Å². The van der Waals surface area contributed by atoms with Gasteiger partial charge in [0.15, 0.2) is 0 Å². The van der Waals surface area contributed by atoms with E-state index in [1.165, 1.54) is 12.1 Å². The Morgan fingerprint density at radius 3 is 2.74 bits per heavy atom. The molecule has 0 amide bonds. The average Bonchev–Trinajstić information content (AvgIpc) is 2.65. The first kappa shape index (κ1) is 14.0. The Balaban J connectivity index is 2.27. The lowest BCUT2D eigenvalue weighted by molar-refractivity contribution is 0.406. The first-order valence-electron chi connectivity index (χ1n) is 6.82. The summed E-state index contributed by atoms with van der Waals surface area (Å²) in [6.07, 6.45) is 1.94. The van der Waals surface area contributed by atoms with Crippen LogP contribution in [0.1, 0.15) is 26.1 Å². The second-order valence-corrected chi connectivity index (χ2v) is 5.66. The summed E-state index contributed by atoms with van der Waals surface area (Å²) < 4.78 is 15.2. The van der Waals surface area contributed by atoms with E-state index in [9.17, 15) is 4.39 Å². The lowest BCUT2D eigenvalue weighted by Crippen LogP contribution is -2.20. The summed E-state index contributed by atoms with van der Waals surface area (Å²) >= 11 is 0. The zero-order valence-corrected chi connectivity index (χ0v) is 11.9. The predicted molar refractivity (Wildman–Crippen MR) is 76.4 cm³/mol. The Labute approximate surface area is 113 Å². The van der Waals surface area contributed by atoms with Crippen molar-refractivity contribution in [2.45, 2.75) is 26.7 Å². The van der Waals surface area contributed by atoms with Gasteiger partial charge in [-0.2, -0.15) is 0 Å². The summed E-state index contributed by atoms with van der Waals surface area (Å²) in [6.45, 7) is 5.07. The minimum absolute atomic E-state index is 0.223. The van der Waals surface area contributed by atoms with Crippen LogP contribution in [0.5, 0.6) is 0 Å². The number of fused-ring (bicyclic) bond motifs is 1. The minimum Gasteiger partial charge on any atom is -0.331 e. The predicted octanol–water partition coefficient (Wildman–Crippen LogP) is 2.88. The molecule has 1 heterocycles. The number of aryl methyl sites for hydroxylation is 1. The Hall–Kier alpha value is -1.42. The van der Waals surface area contributed by atoms with Crippen molar-refractivity contribution in [2.24, 2.45) is 24.6 Å². The molecule has 0 saturated heterocycles. The maximum absolute atomic E-state index is 13.3. The van der Waals surface area contributed by atoms with Gasteiger partial charge in [0.1, 0.15) is 11.6 Å². The molecule has 1 aromatic heterocycles. The molecule has 0 bridgehead atoms. The molecular weight excluding hydrogens is 241 g/mol. The van der Waals surface area contributed by atoms with Crippen LogP contribution in [-0.2, 0) is 13.5 Å². The SMILES string of the molecule is CC(C)CC(CN)Cc1nc2ccc(F)cc2n1C. The number of imidazole rings is 1. The third-order valence-electron chi connectivity index (χ3n) is 3.54. The van der Waals surface area contributed by atoms with Gasteiger partial charge in [-0.25, -0.2) is 9.37 Å². The standard InChI is InChI=1S/C15H22FN3/c1-10(2)6-11(9-17)7-15-18-13-5-4-12(16)8-14(13)19(15)3/h4-5,8,10-11H,6-7,9,17H2,1-3H3. The third-order valence-corrected chi connectivity index (χ3v) is 3.54. The van der Waals surface area contributed by atoms with Crippen LogP contribution in [0.4, 0.5) is 4.39 Å². The topological polar surface area (TPSA) is 43.8 Å². The van der Waals surface area contributed by atoms with E-state index in [0.29, 0.717) is 18.4 Å². The summed E-state index contributed by atoms with van der Waals surface area (Å²) in [4.78, 5) is 4.59. The van der Waals surface area contributed by atoms with Crippen molar-refractivity contribution in [1.29, 1.82) is 0 Å². The van der Waals surface area contributed by atoms with Crippen LogP contribution in [0.3, 0.4) is 0 Å². The van der Waals surface area contributed by atoms with Gasteiger partial charge in [-0.15, -0.1) is 0 Å². The molecule has 0 aliphatic carbocycles. The molecule has 0 spiro atoms. The largest absolute Gasteiger partial charge is 0.331 e. The quantitative estimate of drug-likeness (QED) is 0.901. The van der Waals surface area contributed by atoms with E-state index in [0.717, 1.165) is 29.7 Å². The van der Waals surface area contributed by atoms with E-state index in [4.69, 9.17) is 5.73 Å². The van der Waals surface area contributed by atoms with E-state index in [1.54, 1.807) is 6.07 Å². The van der Waals surface area contributed by atoms with Crippen molar-refractivity contribution >= 4 is 11.0 Å². The van der Waals surface area contributed by atoms with Gasteiger partial charge in [0.25, 0.3) is 0 Å². The summed E-state index contributed by atoms with van der Waals surface area (Å²) in [5.41, 5.74) is 7.53. The van der Waals surface area contributed by atoms with Gasteiger partial charge in [0.05, 0.1) is 11.0 Å². The number of nitrogens with two attached hydrogens (primary N) is 1. The molecule has 0 fully saturated rings. The van der Waals surface area contributed by atoms with E-state index in [1.807, 2.05) is 11.6 Å². The number of hydrogen-bond donors (Lipinski definition) is 1. The highest BCUT2D eigenvalue weighted by Gasteiger charge is 2.15. The molecule has 0 radical (unpaired) electrons. The van der Waals surface area contributed by atoms with Gasteiger partial charge in [0.2, 0.25) is 0 Å². The first-order valence-corrected chi connectivity index (χ1v) is 6.82. The maximum atomic E-state index is 13.3. The molecule has 4 heteroatoms. The molecule has 0 aliphatic heterocycles. The van der Waals surface area contributed by atoms with Gasteiger partial charge in [-0.3, -0.25) is 0 Å². The van der Waals surface area contributed by atoms with Crippen molar-refractivity contribution in [3.05, 3.63) is 29.8 Å². The van der Waals surface area contributed by atoms with Gasteiger partial charge in [0, 0.05) is 13.5 Å². The molecule has 2 rings (SSSR count). The molecule has 19 heavy (non-hydrogen) atoms. The fourth-order valence-corrected chi connectivity index (χ4v) is 2.58. The fourth-order valence-electron chi connectivity index (χ4n) is 2.58. The molecular formula is C15H22FN3. The molecule has 2 N–H and O–H groups in total. The Bertz CT molecular complexity index is 560. The zero-order valence-electron chi connectivity index (χ0n) is 11.9. The summed E-state index contributed by atoms with van der Waals surface area (Å²) in [5.74, 6) is 1.82. The first-order chi connectivity index (χ1) is 9.01. The lowest BCUT2D eigenvalue weighted by atomic mass is 9.94. The van der Waals surface area contributed by atoms with Crippen molar-refractivity contribution in [2.75, 3.05) is 6.54 Å². The van der Waals surface area contributed by atoms with E-state index >= 15 is 0 Å². The van der Waals surface area contributed by atoms with E-state index in [-0.39, 0.29) is 5.82 Å². The Morgan fingerprint density at radius 1 is 1.37 bits per heavy atom. The van der Waals surface area contributed by atoms with Crippen LogP contribution < -0.4 is 5.73 Å². The van der Waals surface area contributed by atoms with Crippen molar-refractivity contribution in [3.8, 4) is 0 Å². The van der Waals surface area contributed by atoms with Crippen LogP contribution in [0, 0.1) is 17.7 Å². The highest BCUT2D eigenvalue weighted by atomic mass is 19.1. The molecule has 1 unspecified atom stereocenters. The smallest absolute Gasteiger partial charge is 0.125 e. The number of benzene rings is 1. The van der Waals surface area contributed by atoms with Crippen LogP contribution >= 0.6 is 0 Å². The lowest BCUT2D eigenvalue weighted by Gasteiger charge is -2.16. The molecule has 1 aromatic carbocycles. The van der Waals surface area contributed by atoms with Crippen LogP contribution in [0.2, 0.25) is 0 Å². The van der Waals surface area contributed by atoms with Crippen LogP contribution in [-0.4, -0.2) is 16.1 Å². The molecule has 2 aromatic rings. The minimum atomic E-state index is -0.223. The number of aromatic nitrogens is 2. The number of hydrogen-bond acceptors (Lipinski definition) is 2. The average molecular weight is 263 g/mol. The third kappa shape index (κ3) is 3.13.